The molecule has 1 N–H and O–H groups in total. The predicted octanol–water partition coefficient (Wildman–Crippen LogP) is 3.23. The number of hydrogen-bond acceptors (Lipinski definition) is 3. The Morgan fingerprint density at radius 2 is 1.88 bits per heavy atom. The van der Waals surface area contributed by atoms with Gasteiger partial charge in [0.1, 0.15) is 12.4 Å². The summed E-state index contributed by atoms with van der Waals surface area (Å²) in [5, 5.41) is 3.50. The van der Waals surface area contributed by atoms with Crippen molar-refractivity contribution in [3.05, 3.63) is 58.6 Å². The molecular weight excluding hydrogens is 340 g/mol. The number of nitrogens with one attached hydrogen (secondary N) is 1. The van der Waals surface area contributed by atoms with Gasteiger partial charge in [0.25, 0.3) is 5.91 Å². The van der Waals surface area contributed by atoms with Crippen LogP contribution in [0.5, 0.6) is 5.75 Å². The molecule has 1 aliphatic heterocycles. The van der Waals surface area contributed by atoms with Crippen molar-refractivity contribution < 1.29 is 14.3 Å². The second-order valence-electron chi connectivity index (χ2n) is 6.23. The second-order valence-corrected chi connectivity index (χ2v) is 6.67. The summed E-state index contributed by atoms with van der Waals surface area (Å²) in [5.74, 6) is 0.304. The van der Waals surface area contributed by atoms with Gasteiger partial charge in [-0.15, -0.1) is 0 Å². The molecule has 0 radical (unpaired) electrons. The minimum absolute atomic E-state index is 0.0768. The highest BCUT2D eigenvalue weighted by Crippen LogP contribution is 2.30. The van der Waals surface area contributed by atoms with E-state index >= 15 is 0 Å². The van der Waals surface area contributed by atoms with E-state index in [1.807, 2.05) is 12.1 Å². The lowest BCUT2D eigenvalue weighted by Crippen LogP contribution is -2.32. The van der Waals surface area contributed by atoms with Crippen molar-refractivity contribution >= 4 is 29.1 Å². The molecule has 2 aromatic rings. The van der Waals surface area contributed by atoms with Gasteiger partial charge in [0.2, 0.25) is 5.91 Å². The van der Waals surface area contributed by atoms with Crippen LogP contribution in [0, 0.1) is 5.92 Å². The van der Waals surface area contributed by atoms with Crippen LogP contribution in [0.15, 0.2) is 42.5 Å². The van der Waals surface area contributed by atoms with Gasteiger partial charge in [-0.05, 0) is 54.4 Å². The van der Waals surface area contributed by atoms with Gasteiger partial charge in [0.15, 0.2) is 0 Å². The lowest BCUT2D eigenvalue weighted by molar-refractivity contribution is -0.121. The van der Waals surface area contributed by atoms with E-state index in [0.717, 1.165) is 11.3 Å². The summed E-state index contributed by atoms with van der Waals surface area (Å²) < 4.78 is 5.66. The number of benzene rings is 2. The van der Waals surface area contributed by atoms with E-state index in [1.165, 1.54) is 4.90 Å². The number of nitrogens with zero attached hydrogens (tertiary/aromatic N) is 1. The van der Waals surface area contributed by atoms with E-state index in [0.29, 0.717) is 29.3 Å². The highest BCUT2D eigenvalue weighted by molar-refractivity contribution is 6.30. The Kier molecular flexibility index (Phi) is 4.95. The third-order valence-electron chi connectivity index (χ3n) is 4.11. The summed E-state index contributed by atoms with van der Waals surface area (Å²) in [4.78, 5) is 25.9. The highest BCUT2D eigenvalue weighted by Gasteiger charge is 2.26. The van der Waals surface area contributed by atoms with Crippen LogP contribution in [0.25, 0.3) is 0 Å². The number of hydrogen-bond donors (Lipinski definition) is 1. The van der Waals surface area contributed by atoms with Crippen molar-refractivity contribution in [1.82, 2.24) is 4.90 Å². The average molecular weight is 359 g/mol. The maximum Gasteiger partial charge on any atom is 0.253 e. The summed E-state index contributed by atoms with van der Waals surface area (Å²) in [5.41, 5.74) is 2.16. The Bertz CT molecular complexity index is 803. The number of anilines is 1. The number of ether oxygens (including phenoxy) is 1. The van der Waals surface area contributed by atoms with E-state index in [-0.39, 0.29) is 17.7 Å². The monoisotopic (exact) mass is 358 g/mol. The molecule has 1 aliphatic rings. The molecule has 0 bridgehead atoms. The topological polar surface area (TPSA) is 58.6 Å². The van der Waals surface area contributed by atoms with E-state index in [2.05, 4.69) is 5.32 Å². The van der Waals surface area contributed by atoms with Crippen molar-refractivity contribution in [3.8, 4) is 5.75 Å². The summed E-state index contributed by atoms with van der Waals surface area (Å²) in [6.07, 6.45) is 0.582. The van der Waals surface area contributed by atoms with Gasteiger partial charge in [0.05, 0.1) is 5.92 Å². The summed E-state index contributed by atoms with van der Waals surface area (Å²) in [6, 6.07) is 12.3. The fourth-order valence-electron chi connectivity index (χ4n) is 2.73. The molecule has 0 aromatic heterocycles. The zero-order valence-corrected chi connectivity index (χ0v) is 14.8. The van der Waals surface area contributed by atoms with Gasteiger partial charge in [-0.1, -0.05) is 11.6 Å². The Morgan fingerprint density at radius 1 is 1.16 bits per heavy atom. The van der Waals surface area contributed by atoms with Crippen molar-refractivity contribution in [2.24, 2.45) is 5.92 Å². The summed E-state index contributed by atoms with van der Waals surface area (Å²) in [7, 11) is 3.40. The third-order valence-corrected chi connectivity index (χ3v) is 4.34. The standard InChI is InChI=1S/C19H19ClN2O3/c1-22(2)19(24)12-3-6-16(7-4-12)21-18(23)14-9-13-10-15(20)5-8-17(13)25-11-14/h3-8,10,14H,9,11H2,1-2H3,(H,21,23). The number of carbonyl (C=O) groups is 2. The van der Waals surface area contributed by atoms with E-state index in [9.17, 15) is 9.59 Å². The van der Waals surface area contributed by atoms with Crippen molar-refractivity contribution in [1.29, 1.82) is 0 Å². The van der Waals surface area contributed by atoms with Gasteiger partial charge >= 0.3 is 0 Å². The molecular formula is C19H19ClN2O3. The summed E-state index contributed by atoms with van der Waals surface area (Å²) >= 11 is 6.01. The molecule has 0 saturated heterocycles. The number of rotatable bonds is 3. The molecule has 0 spiro atoms. The molecule has 6 heteroatoms. The van der Waals surface area contributed by atoms with Crippen LogP contribution >= 0.6 is 11.6 Å². The van der Waals surface area contributed by atoms with Crippen molar-refractivity contribution in [2.45, 2.75) is 6.42 Å². The van der Waals surface area contributed by atoms with Crippen LogP contribution in [-0.4, -0.2) is 37.4 Å². The Morgan fingerprint density at radius 3 is 2.56 bits per heavy atom. The first-order valence-electron chi connectivity index (χ1n) is 7.98. The van der Waals surface area contributed by atoms with Crippen LogP contribution in [0.4, 0.5) is 5.69 Å². The van der Waals surface area contributed by atoms with Crippen LogP contribution in [0.2, 0.25) is 5.02 Å². The maximum absolute atomic E-state index is 12.5. The average Bonchev–Trinajstić information content (AvgIpc) is 2.61. The number of amides is 2. The van der Waals surface area contributed by atoms with E-state index in [1.54, 1.807) is 44.4 Å². The second kappa shape index (κ2) is 7.15. The SMILES string of the molecule is CN(C)C(=O)c1ccc(NC(=O)C2COc3ccc(Cl)cc3C2)cc1. The quantitative estimate of drug-likeness (QED) is 0.916. The lowest BCUT2D eigenvalue weighted by Gasteiger charge is -2.24. The minimum Gasteiger partial charge on any atom is -0.492 e. The molecule has 0 fully saturated rings. The fraction of sp³-hybridized carbons (Fsp3) is 0.263. The van der Waals surface area contributed by atoms with Crippen LogP contribution in [0.1, 0.15) is 15.9 Å². The largest absolute Gasteiger partial charge is 0.492 e. The van der Waals surface area contributed by atoms with Crippen LogP contribution < -0.4 is 10.1 Å². The Balaban J connectivity index is 1.66. The zero-order valence-electron chi connectivity index (χ0n) is 14.1. The molecule has 1 atom stereocenters. The van der Waals surface area contributed by atoms with E-state index < -0.39 is 0 Å². The normalized spacial score (nSPS) is 15.7. The first-order valence-corrected chi connectivity index (χ1v) is 8.35. The molecule has 1 heterocycles. The Labute approximate surface area is 151 Å². The van der Waals surface area contributed by atoms with Crippen molar-refractivity contribution in [2.75, 3.05) is 26.0 Å². The van der Waals surface area contributed by atoms with Gasteiger partial charge < -0.3 is 15.0 Å². The summed E-state index contributed by atoms with van der Waals surface area (Å²) in [6.45, 7) is 0.331. The van der Waals surface area contributed by atoms with E-state index in [4.69, 9.17) is 16.3 Å². The molecule has 0 aliphatic carbocycles. The molecule has 5 nitrogen and oxygen atoms in total. The number of halogens is 1. The molecule has 2 amide bonds. The van der Waals surface area contributed by atoms with Crippen molar-refractivity contribution in [3.63, 3.8) is 0 Å². The molecule has 1 unspecified atom stereocenters. The number of carbonyl (C=O) groups excluding carboxylic acids is 2. The van der Waals surface area contributed by atoms with Gasteiger partial charge in [-0.25, -0.2) is 0 Å². The zero-order chi connectivity index (χ0) is 18.0. The first kappa shape index (κ1) is 17.3. The molecule has 2 aromatic carbocycles. The maximum atomic E-state index is 12.5. The van der Waals surface area contributed by atoms with Gasteiger partial charge in [-0.2, -0.15) is 0 Å². The molecule has 130 valence electrons. The van der Waals surface area contributed by atoms with Crippen LogP contribution in [-0.2, 0) is 11.2 Å². The molecule has 25 heavy (non-hydrogen) atoms. The van der Waals surface area contributed by atoms with Gasteiger partial charge in [-0.3, -0.25) is 9.59 Å². The lowest BCUT2D eigenvalue weighted by atomic mass is 9.96. The Hall–Kier alpha value is -2.53. The fourth-order valence-corrected chi connectivity index (χ4v) is 2.92. The first-order chi connectivity index (χ1) is 11.9. The smallest absolute Gasteiger partial charge is 0.253 e. The molecule has 3 rings (SSSR count). The molecule has 0 saturated carbocycles. The minimum atomic E-state index is -0.283. The number of fused-ring (bicyclic) bond motifs is 1. The third kappa shape index (κ3) is 3.94. The highest BCUT2D eigenvalue weighted by atomic mass is 35.5. The van der Waals surface area contributed by atoms with Gasteiger partial charge in [0, 0.05) is 30.4 Å². The predicted molar refractivity (Wildman–Crippen MR) is 97.2 cm³/mol. The van der Waals surface area contributed by atoms with Crippen LogP contribution in [0.3, 0.4) is 0 Å².